The van der Waals surface area contributed by atoms with Gasteiger partial charge < -0.3 is 14.4 Å². The molecule has 2 fully saturated rings. The summed E-state index contributed by atoms with van der Waals surface area (Å²) in [5.74, 6) is 0.818. The first-order valence-corrected chi connectivity index (χ1v) is 14.9. The number of anilines is 1. The number of carbonyl (C=O) groups excluding carboxylic acids is 2. The van der Waals surface area contributed by atoms with Gasteiger partial charge in [0.2, 0.25) is 11.0 Å². The lowest BCUT2D eigenvalue weighted by atomic mass is 9.82. The summed E-state index contributed by atoms with van der Waals surface area (Å²) in [6.45, 7) is 5.01. The number of likely N-dealkylation sites (tertiary alicyclic amines) is 1. The second kappa shape index (κ2) is 12.8. The molecule has 0 atom stereocenters. The lowest BCUT2D eigenvalue weighted by Crippen LogP contribution is -2.49. The van der Waals surface area contributed by atoms with Crippen LogP contribution < -0.4 is 9.64 Å². The molecular weight excluding hydrogens is 508 g/mol. The second-order valence-corrected chi connectivity index (χ2v) is 11.9. The number of piperidine rings is 1. The largest absolute Gasteiger partial charge is 0.514 e. The normalized spacial score (nSPS) is 20.4. The van der Waals surface area contributed by atoms with E-state index in [4.69, 9.17) is 9.47 Å². The van der Waals surface area contributed by atoms with Crippen LogP contribution in [0.1, 0.15) is 51.0 Å². The van der Waals surface area contributed by atoms with Gasteiger partial charge in [-0.1, -0.05) is 78.9 Å². The Hall–Kier alpha value is -3.16. The molecule has 0 unspecified atom stereocenters. The van der Waals surface area contributed by atoms with Gasteiger partial charge in [0.15, 0.2) is 0 Å². The van der Waals surface area contributed by atoms with Crippen LogP contribution in [0.4, 0.5) is 10.5 Å². The van der Waals surface area contributed by atoms with Gasteiger partial charge in [-0.2, -0.15) is 0 Å². The lowest BCUT2D eigenvalue weighted by molar-refractivity contribution is -0.124. The van der Waals surface area contributed by atoms with Crippen molar-refractivity contribution in [3.63, 3.8) is 0 Å². The summed E-state index contributed by atoms with van der Waals surface area (Å²) < 4.78 is 10.5. The molecule has 2 aromatic carbocycles. The maximum Gasteiger partial charge on any atom is 0.514 e. The van der Waals surface area contributed by atoms with Crippen molar-refractivity contribution in [3.05, 3.63) is 72.3 Å². The number of methoxy groups -OCH3 is 1. The van der Waals surface area contributed by atoms with Gasteiger partial charge in [0, 0.05) is 36.5 Å². The molecular formula is C32H38N2O4S. The van der Waals surface area contributed by atoms with Crippen molar-refractivity contribution >= 4 is 29.1 Å². The minimum absolute atomic E-state index is 0.00500. The molecule has 3 aromatic rings. The average molecular weight is 547 g/mol. The van der Waals surface area contributed by atoms with E-state index >= 15 is 0 Å². The zero-order valence-corrected chi connectivity index (χ0v) is 23.7. The molecule has 2 aliphatic rings. The van der Waals surface area contributed by atoms with Crippen molar-refractivity contribution in [1.29, 1.82) is 0 Å². The number of amides is 1. The number of thiophene rings is 1. The average Bonchev–Trinajstić information content (AvgIpc) is 3.38. The first-order chi connectivity index (χ1) is 19.0. The van der Waals surface area contributed by atoms with Crippen LogP contribution in [0.5, 0.6) is 5.06 Å². The van der Waals surface area contributed by atoms with Crippen LogP contribution in [0.2, 0.25) is 0 Å². The van der Waals surface area contributed by atoms with Crippen LogP contribution in [0, 0.1) is 11.8 Å². The van der Waals surface area contributed by atoms with Crippen molar-refractivity contribution < 1.29 is 19.1 Å². The fraction of sp³-hybridized carbons (Fsp3) is 0.438. The van der Waals surface area contributed by atoms with Gasteiger partial charge in [-0.3, -0.25) is 9.69 Å². The molecule has 1 aliphatic heterocycles. The quantitative estimate of drug-likeness (QED) is 0.289. The molecule has 39 heavy (non-hydrogen) atoms. The highest BCUT2D eigenvalue weighted by Gasteiger charge is 2.37. The van der Waals surface area contributed by atoms with E-state index in [-0.39, 0.29) is 17.9 Å². The summed E-state index contributed by atoms with van der Waals surface area (Å²) in [6.07, 6.45) is 4.94. The molecule has 1 amide bonds. The third-order valence-electron chi connectivity index (χ3n) is 8.11. The zero-order chi connectivity index (χ0) is 27.2. The summed E-state index contributed by atoms with van der Waals surface area (Å²) in [5, 5.41) is 0.421. The highest BCUT2D eigenvalue weighted by atomic mass is 32.1. The molecule has 0 N–H and O–H groups in total. The highest BCUT2D eigenvalue weighted by Crippen LogP contribution is 2.46. The van der Waals surface area contributed by atoms with Gasteiger partial charge >= 0.3 is 6.16 Å². The Morgan fingerprint density at radius 3 is 2.21 bits per heavy atom. The van der Waals surface area contributed by atoms with Gasteiger partial charge in [-0.15, -0.1) is 0 Å². The van der Waals surface area contributed by atoms with E-state index in [1.807, 2.05) is 47.4 Å². The lowest BCUT2D eigenvalue weighted by Gasteiger charge is -2.40. The van der Waals surface area contributed by atoms with E-state index in [1.54, 1.807) is 0 Å². The van der Waals surface area contributed by atoms with E-state index < -0.39 is 6.16 Å². The van der Waals surface area contributed by atoms with Crippen molar-refractivity contribution in [2.75, 3.05) is 25.1 Å². The third-order valence-corrected chi connectivity index (χ3v) is 9.17. The summed E-state index contributed by atoms with van der Waals surface area (Å²) in [4.78, 5) is 31.9. The molecule has 1 saturated carbocycles. The highest BCUT2D eigenvalue weighted by molar-refractivity contribution is 7.18. The molecule has 1 saturated heterocycles. The summed E-state index contributed by atoms with van der Waals surface area (Å²) in [7, 11) is 1.31. The van der Waals surface area contributed by atoms with Crippen molar-refractivity contribution in [3.8, 4) is 15.5 Å². The molecule has 6 nitrogen and oxygen atoms in total. The summed E-state index contributed by atoms with van der Waals surface area (Å²) in [6, 6.07) is 22.6. The van der Waals surface area contributed by atoms with Gasteiger partial charge in [-0.05, 0) is 61.6 Å². The Balaban J connectivity index is 1.44. The molecule has 5 rings (SSSR count). The number of carbonyl (C=O) groups is 2. The van der Waals surface area contributed by atoms with Gasteiger partial charge in [0.05, 0.1) is 12.8 Å². The van der Waals surface area contributed by atoms with Crippen LogP contribution in [-0.2, 0) is 16.1 Å². The minimum Gasteiger partial charge on any atom is -0.437 e. The zero-order valence-electron chi connectivity index (χ0n) is 22.9. The summed E-state index contributed by atoms with van der Waals surface area (Å²) in [5.41, 5.74) is 3.02. The number of rotatable bonds is 7. The van der Waals surface area contributed by atoms with Crippen LogP contribution in [0.3, 0.4) is 0 Å². The Kier molecular flexibility index (Phi) is 8.99. The number of hydrogen-bond acceptors (Lipinski definition) is 6. The molecule has 2 heterocycles. The van der Waals surface area contributed by atoms with Crippen molar-refractivity contribution in [2.45, 2.75) is 58.0 Å². The smallest absolute Gasteiger partial charge is 0.437 e. The molecule has 0 spiro atoms. The predicted molar refractivity (Wildman–Crippen MR) is 156 cm³/mol. The van der Waals surface area contributed by atoms with Crippen LogP contribution in [-0.4, -0.2) is 43.2 Å². The van der Waals surface area contributed by atoms with Crippen LogP contribution in [0.25, 0.3) is 10.4 Å². The summed E-state index contributed by atoms with van der Waals surface area (Å²) >= 11 is 1.39. The van der Waals surface area contributed by atoms with E-state index in [9.17, 15) is 9.59 Å². The maximum atomic E-state index is 14.3. The van der Waals surface area contributed by atoms with E-state index in [2.05, 4.69) is 36.1 Å². The predicted octanol–water partition coefficient (Wildman–Crippen LogP) is 7.38. The van der Waals surface area contributed by atoms with Crippen LogP contribution in [0.15, 0.2) is 66.7 Å². The Labute approximate surface area is 235 Å². The number of ether oxygens (including phenoxy) is 2. The molecule has 0 radical (unpaired) electrons. The Morgan fingerprint density at radius 2 is 1.56 bits per heavy atom. The number of benzene rings is 2. The third kappa shape index (κ3) is 6.71. The van der Waals surface area contributed by atoms with Crippen LogP contribution >= 0.6 is 11.3 Å². The standard InChI is InChI=1S/C32H38N2O4S/c1-23-13-15-26(16-14-23)30(35)34(27-17-19-33(20-18-27)22-24-9-5-3-6-10-24)28-21-29(25-11-7-4-8-12-25)39-31(28)38-32(36)37-2/h3-12,21,23,26-27H,13-20,22H2,1-2H3. The monoisotopic (exact) mass is 546 g/mol. The maximum absolute atomic E-state index is 14.3. The Morgan fingerprint density at radius 1 is 0.923 bits per heavy atom. The SMILES string of the molecule is COC(=O)Oc1sc(-c2ccccc2)cc1N(C(=O)C1CCC(C)CC1)C1CCN(Cc2ccccc2)CC1. The van der Waals surface area contributed by atoms with E-state index in [0.29, 0.717) is 16.7 Å². The molecule has 7 heteroatoms. The van der Waals surface area contributed by atoms with Gasteiger partial charge in [0.25, 0.3) is 0 Å². The molecule has 0 bridgehead atoms. The molecule has 206 valence electrons. The van der Waals surface area contributed by atoms with Crippen molar-refractivity contribution in [1.82, 2.24) is 4.90 Å². The fourth-order valence-corrected chi connectivity index (χ4v) is 6.84. The number of nitrogens with zero attached hydrogens (tertiary/aromatic N) is 2. The molecule has 1 aliphatic carbocycles. The molecule has 1 aromatic heterocycles. The van der Waals surface area contributed by atoms with Gasteiger partial charge in [-0.25, -0.2) is 4.79 Å². The first-order valence-electron chi connectivity index (χ1n) is 14.1. The van der Waals surface area contributed by atoms with E-state index in [0.717, 1.165) is 68.6 Å². The minimum atomic E-state index is -0.769. The van der Waals surface area contributed by atoms with Gasteiger partial charge in [0.1, 0.15) is 0 Å². The Bertz CT molecular complexity index is 1230. The number of hydrogen-bond donors (Lipinski definition) is 0. The second-order valence-electron chi connectivity index (χ2n) is 10.9. The fourth-order valence-electron chi connectivity index (χ4n) is 5.84. The van der Waals surface area contributed by atoms with Crippen molar-refractivity contribution in [2.24, 2.45) is 11.8 Å². The first kappa shape index (κ1) is 27.4. The topological polar surface area (TPSA) is 59.1 Å². The van der Waals surface area contributed by atoms with E-state index in [1.165, 1.54) is 24.0 Å².